The molecule has 0 aromatic heterocycles. The van der Waals surface area contributed by atoms with Crippen LogP contribution in [0.3, 0.4) is 0 Å². The second-order valence-corrected chi connectivity index (χ2v) is 2.51. The lowest BCUT2D eigenvalue weighted by Gasteiger charge is -2.14. The van der Waals surface area contributed by atoms with Crippen molar-refractivity contribution >= 4 is 12.4 Å². The molecule has 1 fully saturated rings. The zero-order valence-electron chi connectivity index (χ0n) is 5.61. The summed E-state index contributed by atoms with van der Waals surface area (Å²) >= 11 is 0. The molecule has 1 rings (SSSR count). The Morgan fingerprint density at radius 3 is 2.56 bits per heavy atom. The fraction of sp³-hybridized carbons (Fsp3) is 0.714. The summed E-state index contributed by atoms with van der Waals surface area (Å²) in [6, 6.07) is 0. The third kappa shape index (κ3) is 1.89. The molecular formula is C7H12ClN. The molecule has 0 aliphatic carbocycles. The fourth-order valence-corrected chi connectivity index (χ4v) is 1.02. The van der Waals surface area contributed by atoms with Crippen LogP contribution in [0.15, 0.2) is 0 Å². The lowest BCUT2D eigenvalue weighted by atomic mass is 10.0. The van der Waals surface area contributed by atoms with E-state index in [0.29, 0.717) is 0 Å². The molecule has 1 atom stereocenters. The van der Waals surface area contributed by atoms with Crippen molar-refractivity contribution in [1.29, 1.82) is 0 Å². The molecule has 1 aliphatic heterocycles. The zero-order chi connectivity index (χ0) is 6.04. The average Bonchev–Trinajstić information content (AvgIpc) is 2.17. The molecule has 0 aromatic rings. The van der Waals surface area contributed by atoms with E-state index in [-0.39, 0.29) is 17.9 Å². The Bertz CT molecular complexity index is 119. The van der Waals surface area contributed by atoms with Gasteiger partial charge in [-0.1, -0.05) is 5.92 Å². The summed E-state index contributed by atoms with van der Waals surface area (Å²) in [6.45, 7) is 3.15. The van der Waals surface area contributed by atoms with Crippen LogP contribution in [0.5, 0.6) is 0 Å². The molecule has 0 bridgehead atoms. The molecule has 1 aliphatic rings. The van der Waals surface area contributed by atoms with E-state index >= 15 is 0 Å². The van der Waals surface area contributed by atoms with Gasteiger partial charge in [-0.15, -0.1) is 18.8 Å². The largest absolute Gasteiger partial charge is 0.301 e. The monoisotopic (exact) mass is 145 g/mol. The van der Waals surface area contributed by atoms with Crippen LogP contribution in [0.25, 0.3) is 0 Å². The van der Waals surface area contributed by atoms with Gasteiger partial charge in [-0.25, -0.2) is 0 Å². The number of terminal acetylenes is 1. The molecule has 1 unspecified atom stereocenters. The second kappa shape index (κ2) is 3.10. The summed E-state index contributed by atoms with van der Waals surface area (Å²) in [5, 5.41) is 3.25. The molecule has 0 saturated carbocycles. The lowest BCUT2D eigenvalue weighted by molar-refractivity contribution is 0.541. The molecule has 2 heteroatoms. The highest BCUT2D eigenvalue weighted by Crippen LogP contribution is 2.15. The maximum absolute atomic E-state index is 5.26. The lowest BCUT2D eigenvalue weighted by Crippen LogP contribution is -2.33. The first-order valence-corrected chi connectivity index (χ1v) is 3.00. The Hall–Kier alpha value is -0.190. The van der Waals surface area contributed by atoms with Gasteiger partial charge in [0.1, 0.15) is 0 Å². The van der Waals surface area contributed by atoms with E-state index in [9.17, 15) is 0 Å². The van der Waals surface area contributed by atoms with Gasteiger partial charge in [0.05, 0.1) is 5.54 Å². The van der Waals surface area contributed by atoms with Crippen molar-refractivity contribution in [1.82, 2.24) is 5.32 Å². The van der Waals surface area contributed by atoms with Crippen molar-refractivity contribution in [2.24, 2.45) is 0 Å². The predicted octanol–water partition coefficient (Wildman–Crippen LogP) is 1.18. The predicted molar refractivity (Wildman–Crippen MR) is 41.7 cm³/mol. The van der Waals surface area contributed by atoms with E-state index in [4.69, 9.17) is 6.42 Å². The van der Waals surface area contributed by atoms with Crippen molar-refractivity contribution in [2.45, 2.75) is 25.3 Å². The average molecular weight is 146 g/mol. The summed E-state index contributed by atoms with van der Waals surface area (Å²) in [5.41, 5.74) is 0.0139. The third-order valence-corrected chi connectivity index (χ3v) is 1.69. The molecule has 1 heterocycles. The van der Waals surface area contributed by atoms with Crippen molar-refractivity contribution in [2.75, 3.05) is 6.54 Å². The highest BCUT2D eigenvalue weighted by molar-refractivity contribution is 5.85. The minimum absolute atomic E-state index is 0. The van der Waals surface area contributed by atoms with Crippen LogP contribution >= 0.6 is 12.4 Å². The smallest absolute Gasteiger partial charge is 0.0770 e. The number of rotatable bonds is 0. The van der Waals surface area contributed by atoms with Gasteiger partial charge in [-0.05, 0) is 26.3 Å². The van der Waals surface area contributed by atoms with Crippen LogP contribution in [-0.2, 0) is 0 Å². The minimum atomic E-state index is 0. The Balaban J connectivity index is 0.000000640. The van der Waals surface area contributed by atoms with Crippen LogP contribution in [0, 0.1) is 12.3 Å². The minimum Gasteiger partial charge on any atom is -0.301 e. The molecule has 0 radical (unpaired) electrons. The molecule has 0 aromatic carbocycles. The molecule has 0 amide bonds. The number of hydrogen-bond donors (Lipinski definition) is 1. The summed E-state index contributed by atoms with van der Waals surface area (Å²) in [7, 11) is 0. The van der Waals surface area contributed by atoms with E-state index in [1.54, 1.807) is 0 Å². The normalized spacial score (nSPS) is 32.9. The molecule has 9 heavy (non-hydrogen) atoms. The van der Waals surface area contributed by atoms with E-state index in [1.165, 1.54) is 6.42 Å². The Morgan fingerprint density at radius 1 is 1.67 bits per heavy atom. The van der Waals surface area contributed by atoms with Gasteiger partial charge in [0.2, 0.25) is 0 Å². The van der Waals surface area contributed by atoms with Crippen LogP contribution in [0.2, 0.25) is 0 Å². The van der Waals surface area contributed by atoms with Crippen molar-refractivity contribution in [3.8, 4) is 12.3 Å². The van der Waals surface area contributed by atoms with Gasteiger partial charge in [0.15, 0.2) is 0 Å². The van der Waals surface area contributed by atoms with Gasteiger partial charge in [0, 0.05) is 0 Å². The van der Waals surface area contributed by atoms with Gasteiger partial charge < -0.3 is 5.32 Å². The molecule has 1 saturated heterocycles. The number of nitrogens with one attached hydrogen (secondary N) is 1. The molecule has 52 valence electrons. The van der Waals surface area contributed by atoms with Crippen molar-refractivity contribution in [3.63, 3.8) is 0 Å². The first kappa shape index (κ1) is 8.81. The molecular weight excluding hydrogens is 134 g/mol. The molecule has 1 N–H and O–H groups in total. The van der Waals surface area contributed by atoms with Gasteiger partial charge in [-0.3, -0.25) is 0 Å². The summed E-state index contributed by atoms with van der Waals surface area (Å²) in [6.07, 6.45) is 7.61. The van der Waals surface area contributed by atoms with Crippen LogP contribution < -0.4 is 5.32 Å². The van der Waals surface area contributed by atoms with Gasteiger partial charge >= 0.3 is 0 Å². The van der Waals surface area contributed by atoms with Crippen LogP contribution in [0.1, 0.15) is 19.8 Å². The Kier molecular flexibility index (Phi) is 3.03. The van der Waals surface area contributed by atoms with Gasteiger partial charge in [-0.2, -0.15) is 0 Å². The Labute approximate surface area is 62.6 Å². The van der Waals surface area contributed by atoms with E-state index in [2.05, 4.69) is 18.2 Å². The second-order valence-electron chi connectivity index (χ2n) is 2.51. The number of halogens is 1. The van der Waals surface area contributed by atoms with E-state index < -0.39 is 0 Å². The maximum Gasteiger partial charge on any atom is 0.0770 e. The first-order chi connectivity index (χ1) is 3.77. The van der Waals surface area contributed by atoms with E-state index in [0.717, 1.165) is 13.0 Å². The van der Waals surface area contributed by atoms with Crippen molar-refractivity contribution in [3.05, 3.63) is 0 Å². The SMILES string of the molecule is C#CC1(C)CCCN1.Cl. The van der Waals surface area contributed by atoms with E-state index in [1.807, 2.05) is 0 Å². The van der Waals surface area contributed by atoms with Crippen LogP contribution in [-0.4, -0.2) is 12.1 Å². The fourth-order valence-electron chi connectivity index (χ4n) is 1.02. The highest BCUT2D eigenvalue weighted by atomic mass is 35.5. The Morgan fingerprint density at radius 2 is 2.33 bits per heavy atom. The standard InChI is InChI=1S/C7H11N.ClH/c1-3-7(2)5-4-6-8-7;/h1,8H,4-6H2,2H3;1H. The molecule has 0 spiro atoms. The van der Waals surface area contributed by atoms with Crippen LogP contribution in [0.4, 0.5) is 0 Å². The maximum atomic E-state index is 5.26. The van der Waals surface area contributed by atoms with Crippen molar-refractivity contribution < 1.29 is 0 Å². The topological polar surface area (TPSA) is 12.0 Å². The zero-order valence-corrected chi connectivity index (χ0v) is 6.42. The summed E-state index contributed by atoms with van der Waals surface area (Å²) < 4.78 is 0. The van der Waals surface area contributed by atoms with Gasteiger partial charge in [0.25, 0.3) is 0 Å². The summed E-state index contributed by atoms with van der Waals surface area (Å²) in [4.78, 5) is 0. The summed E-state index contributed by atoms with van der Waals surface area (Å²) in [5.74, 6) is 2.73. The molecule has 1 nitrogen and oxygen atoms in total. The number of hydrogen-bond acceptors (Lipinski definition) is 1. The first-order valence-electron chi connectivity index (χ1n) is 3.00. The highest BCUT2D eigenvalue weighted by Gasteiger charge is 2.24. The quantitative estimate of drug-likeness (QED) is 0.505. The third-order valence-electron chi connectivity index (χ3n) is 1.69.